The highest BCUT2D eigenvalue weighted by Gasteiger charge is 2.21. The third-order valence-corrected chi connectivity index (χ3v) is 5.05. The Labute approximate surface area is 146 Å². The first kappa shape index (κ1) is 16.1. The first-order valence-electron chi connectivity index (χ1n) is 8.86. The van der Waals surface area contributed by atoms with Crippen LogP contribution in [-0.4, -0.2) is 44.5 Å². The molecule has 2 N–H and O–H groups in total. The van der Waals surface area contributed by atoms with Gasteiger partial charge in [0.25, 0.3) is 0 Å². The third-order valence-electron chi connectivity index (χ3n) is 5.05. The number of H-pyrrole nitrogens is 1. The predicted octanol–water partition coefficient (Wildman–Crippen LogP) is 2.89. The topological polar surface area (TPSA) is 82.9 Å². The van der Waals surface area contributed by atoms with Gasteiger partial charge in [0, 0.05) is 12.7 Å². The first-order valence-corrected chi connectivity index (χ1v) is 8.86. The number of aryl methyl sites for hydroxylation is 2. The van der Waals surface area contributed by atoms with Gasteiger partial charge in [0.2, 0.25) is 5.89 Å². The van der Waals surface area contributed by atoms with Crippen LogP contribution < -0.4 is 5.32 Å². The fourth-order valence-corrected chi connectivity index (χ4v) is 3.40. The molecule has 0 radical (unpaired) electrons. The lowest BCUT2D eigenvalue weighted by atomic mass is 9.97. The van der Waals surface area contributed by atoms with E-state index in [0.717, 1.165) is 60.4 Å². The normalized spacial score (nSPS) is 16.6. The van der Waals surface area contributed by atoms with Crippen LogP contribution in [0.3, 0.4) is 0 Å². The van der Waals surface area contributed by atoms with Gasteiger partial charge in [-0.1, -0.05) is 0 Å². The number of piperidine rings is 1. The number of hydrogen-bond donors (Lipinski definition) is 2. The molecule has 0 aromatic carbocycles. The monoisotopic (exact) mass is 340 g/mol. The van der Waals surface area contributed by atoms with Crippen molar-refractivity contribution in [1.82, 2.24) is 24.8 Å². The number of oxazole rings is 1. The Balaban J connectivity index is 1.28. The van der Waals surface area contributed by atoms with E-state index in [0.29, 0.717) is 5.92 Å². The summed E-state index contributed by atoms with van der Waals surface area (Å²) in [4.78, 5) is 18.6. The summed E-state index contributed by atoms with van der Waals surface area (Å²) >= 11 is 0. The Hall–Kier alpha value is -2.41. The number of anilines is 1. The Morgan fingerprint density at radius 3 is 2.88 bits per heavy atom. The molecule has 4 heterocycles. The van der Waals surface area contributed by atoms with Crippen LogP contribution >= 0.6 is 0 Å². The van der Waals surface area contributed by atoms with Gasteiger partial charge >= 0.3 is 0 Å². The molecule has 0 unspecified atom stereocenters. The molecule has 1 aliphatic heterocycles. The van der Waals surface area contributed by atoms with Crippen molar-refractivity contribution in [2.45, 2.75) is 33.2 Å². The average Bonchev–Trinajstić information content (AvgIpc) is 3.21. The molecule has 1 saturated heterocycles. The van der Waals surface area contributed by atoms with Gasteiger partial charge in [-0.25, -0.2) is 15.0 Å². The Morgan fingerprint density at radius 2 is 2.12 bits per heavy atom. The summed E-state index contributed by atoms with van der Waals surface area (Å²) < 4.78 is 5.70. The number of nitrogens with one attached hydrogen (secondary N) is 2. The summed E-state index contributed by atoms with van der Waals surface area (Å²) in [6, 6.07) is 2.01. The molecule has 0 atom stereocenters. The summed E-state index contributed by atoms with van der Waals surface area (Å²) in [7, 11) is 0. The van der Waals surface area contributed by atoms with Crippen LogP contribution in [0.4, 0.5) is 5.82 Å². The van der Waals surface area contributed by atoms with Crippen LogP contribution in [0.5, 0.6) is 0 Å². The van der Waals surface area contributed by atoms with Gasteiger partial charge in [-0.2, -0.15) is 0 Å². The van der Waals surface area contributed by atoms with E-state index in [2.05, 4.69) is 30.2 Å². The number of nitrogens with zero attached hydrogens (tertiary/aromatic N) is 4. The van der Waals surface area contributed by atoms with Crippen molar-refractivity contribution in [2.75, 3.05) is 25.0 Å². The molecule has 25 heavy (non-hydrogen) atoms. The quantitative estimate of drug-likeness (QED) is 0.743. The average molecular weight is 340 g/mol. The maximum absolute atomic E-state index is 5.70. The number of aromatic nitrogens is 4. The van der Waals surface area contributed by atoms with E-state index in [9.17, 15) is 0 Å². The zero-order chi connectivity index (χ0) is 17.2. The first-order chi connectivity index (χ1) is 12.2. The Morgan fingerprint density at radius 1 is 1.28 bits per heavy atom. The number of rotatable bonds is 5. The van der Waals surface area contributed by atoms with Gasteiger partial charge < -0.3 is 14.7 Å². The SMILES string of the molecule is Cc1nc(CN2CCC(CNc3ncnc4[nH]ccc34)CC2)oc1C. The molecule has 3 aromatic rings. The van der Waals surface area contributed by atoms with E-state index >= 15 is 0 Å². The van der Waals surface area contributed by atoms with Crippen molar-refractivity contribution >= 4 is 16.9 Å². The molecule has 0 spiro atoms. The number of likely N-dealkylation sites (tertiary alicyclic amines) is 1. The van der Waals surface area contributed by atoms with Gasteiger partial charge in [-0.05, 0) is 51.8 Å². The van der Waals surface area contributed by atoms with Crippen molar-refractivity contribution in [3.8, 4) is 0 Å². The second kappa shape index (κ2) is 6.84. The lowest BCUT2D eigenvalue weighted by Gasteiger charge is -2.31. The van der Waals surface area contributed by atoms with Crippen LogP contribution in [0.15, 0.2) is 23.0 Å². The Kier molecular flexibility index (Phi) is 4.40. The molecule has 0 amide bonds. The predicted molar refractivity (Wildman–Crippen MR) is 96.4 cm³/mol. The van der Waals surface area contributed by atoms with Crippen LogP contribution in [0, 0.1) is 19.8 Å². The van der Waals surface area contributed by atoms with E-state index in [1.54, 1.807) is 6.33 Å². The van der Waals surface area contributed by atoms with Gasteiger partial charge in [0.05, 0.1) is 17.6 Å². The van der Waals surface area contributed by atoms with Crippen molar-refractivity contribution in [3.05, 3.63) is 35.9 Å². The standard InChI is InChI=1S/C18H24N6O/c1-12-13(2)25-16(23-12)10-24-7-4-14(5-8-24)9-20-18-15-3-6-19-17(15)21-11-22-18/h3,6,11,14H,4-5,7-10H2,1-2H3,(H2,19,20,21,22). The summed E-state index contributed by atoms with van der Waals surface area (Å²) in [6.45, 7) is 7.88. The summed E-state index contributed by atoms with van der Waals surface area (Å²) in [6.07, 6.45) is 5.85. The largest absolute Gasteiger partial charge is 0.444 e. The van der Waals surface area contributed by atoms with Gasteiger partial charge in [-0.3, -0.25) is 4.90 Å². The fraction of sp³-hybridized carbons (Fsp3) is 0.500. The molecule has 132 valence electrons. The molecular formula is C18H24N6O. The second-order valence-corrected chi connectivity index (χ2v) is 6.81. The van der Waals surface area contributed by atoms with Crippen molar-refractivity contribution < 1.29 is 4.42 Å². The zero-order valence-electron chi connectivity index (χ0n) is 14.7. The summed E-state index contributed by atoms with van der Waals surface area (Å²) in [5.74, 6) is 3.34. The zero-order valence-corrected chi connectivity index (χ0v) is 14.7. The number of aromatic amines is 1. The van der Waals surface area contributed by atoms with Crippen molar-refractivity contribution in [3.63, 3.8) is 0 Å². The van der Waals surface area contributed by atoms with E-state index in [4.69, 9.17) is 4.42 Å². The molecule has 0 bridgehead atoms. The van der Waals surface area contributed by atoms with Crippen LogP contribution in [-0.2, 0) is 6.54 Å². The molecule has 1 fully saturated rings. The summed E-state index contributed by atoms with van der Waals surface area (Å²) in [5, 5.41) is 4.55. The highest BCUT2D eigenvalue weighted by molar-refractivity contribution is 5.86. The fourth-order valence-electron chi connectivity index (χ4n) is 3.40. The van der Waals surface area contributed by atoms with E-state index in [1.165, 1.54) is 12.8 Å². The van der Waals surface area contributed by atoms with Crippen LogP contribution in [0.25, 0.3) is 11.0 Å². The third kappa shape index (κ3) is 3.51. The summed E-state index contributed by atoms with van der Waals surface area (Å²) in [5.41, 5.74) is 1.87. The Bertz CT molecular complexity index is 827. The minimum atomic E-state index is 0.660. The number of fused-ring (bicyclic) bond motifs is 1. The van der Waals surface area contributed by atoms with Gasteiger partial charge in [0.15, 0.2) is 0 Å². The lowest BCUT2D eigenvalue weighted by molar-refractivity contribution is 0.167. The maximum Gasteiger partial charge on any atom is 0.208 e. The molecular weight excluding hydrogens is 316 g/mol. The van der Waals surface area contributed by atoms with Gasteiger partial charge in [-0.15, -0.1) is 0 Å². The van der Waals surface area contributed by atoms with E-state index in [1.807, 2.05) is 26.1 Å². The van der Waals surface area contributed by atoms with Crippen molar-refractivity contribution in [2.24, 2.45) is 5.92 Å². The molecule has 0 saturated carbocycles. The van der Waals surface area contributed by atoms with Crippen molar-refractivity contribution in [1.29, 1.82) is 0 Å². The molecule has 4 rings (SSSR count). The van der Waals surface area contributed by atoms with Gasteiger partial charge in [0.1, 0.15) is 23.6 Å². The molecule has 3 aromatic heterocycles. The van der Waals surface area contributed by atoms with Crippen LogP contribution in [0.2, 0.25) is 0 Å². The molecule has 7 heteroatoms. The highest BCUT2D eigenvalue weighted by Crippen LogP contribution is 2.22. The highest BCUT2D eigenvalue weighted by atomic mass is 16.4. The lowest BCUT2D eigenvalue weighted by Crippen LogP contribution is -2.35. The molecule has 0 aliphatic carbocycles. The van der Waals surface area contributed by atoms with E-state index in [-0.39, 0.29) is 0 Å². The van der Waals surface area contributed by atoms with E-state index < -0.39 is 0 Å². The maximum atomic E-state index is 5.70. The minimum Gasteiger partial charge on any atom is -0.444 e. The molecule has 7 nitrogen and oxygen atoms in total. The minimum absolute atomic E-state index is 0.660. The van der Waals surface area contributed by atoms with Crippen LogP contribution in [0.1, 0.15) is 30.2 Å². The molecule has 1 aliphatic rings. The number of hydrogen-bond acceptors (Lipinski definition) is 6. The smallest absolute Gasteiger partial charge is 0.208 e. The second-order valence-electron chi connectivity index (χ2n) is 6.81.